The first-order valence-corrected chi connectivity index (χ1v) is 10.00. The summed E-state index contributed by atoms with van der Waals surface area (Å²) in [5.74, 6) is -0.236. The molecule has 1 aliphatic heterocycles. The Kier molecular flexibility index (Phi) is 6.77. The van der Waals surface area contributed by atoms with Crippen molar-refractivity contribution in [2.75, 3.05) is 26.2 Å². The van der Waals surface area contributed by atoms with E-state index in [-0.39, 0.29) is 10.8 Å². The smallest absolute Gasteiger partial charge is 0.251 e. The van der Waals surface area contributed by atoms with Gasteiger partial charge < -0.3 is 11.1 Å². The minimum absolute atomic E-state index is 0.196. The normalized spacial score (nSPS) is 16.1. The molecular formula is C17H27N3O3S. The van der Waals surface area contributed by atoms with Gasteiger partial charge in [0.15, 0.2) is 0 Å². The third-order valence-electron chi connectivity index (χ3n) is 4.32. The van der Waals surface area contributed by atoms with Crippen molar-refractivity contribution >= 4 is 15.9 Å². The van der Waals surface area contributed by atoms with E-state index in [1.165, 1.54) is 10.4 Å². The molecule has 0 bridgehead atoms. The number of carbonyl (C=O) groups excluding carboxylic acids is 1. The molecule has 134 valence electrons. The second kappa shape index (κ2) is 8.60. The van der Waals surface area contributed by atoms with Crippen molar-refractivity contribution in [3.8, 4) is 0 Å². The van der Waals surface area contributed by atoms with Crippen LogP contribution in [-0.4, -0.2) is 44.8 Å². The molecule has 0 aliphatic carbocycles. The van der Waals surface area contributed by atoms with Crippen LogP contribution in [0.1, 0.15) is 48.0 Å². The van der Waals surface area contributed by atoms with E-state index in [0.29, 0.717) is 31.7 Å². The van der Waals surface area contributed by atoms with Crippen molar-refractivity contribution in [1.29, 1.82) is 0 Å². The Bertz CT molecular complexity index is 668. The van der Waals surface area contributed by atoms with E-state index >= 15 is 0 Å². The summed E-state index contributed by atoms with van der Waals surface area (Å²) in [6, 6.07) is 4.79. The lowest BCUT2D eigenvalue weighted by molar-refractivity contribution is 0.0952. The standard InChI is InChI=1S/C17H27N3O3S/c1-14-7-8-15(24(22,23)20-11-5-2-6-12-20)13-16(14)17(21)19-10-4-3-9-18/h7-8,13H,2-6,9-12,18H2,1H3,(H,19,21). The molecule has 0 saturated carbocycles. The number of sulfonamides is 1. The van der Waals surface area contributed by atoms with Gasteiger partial charge in [0.2, 0.25) is 10.0 Å². The Balaban J connectivity index is 2.16. The predicted molar refractivity (Wildman–Crippen MR) is 94.4 cm³/mol. The van der Waals surface area contributed by atoms with Crippen LogP contribution in [0.4, 0.5) is 0 Å². The number of aryl methyl sites for hydroxylation is 1. The molecule has 7 heteroatoms. The summed E-state index contributed by atoms with van der Waals surface area (Å²) in [5.41, 5.74) is 6.62. The zero-order valence-electron chi connectivity index (χ0n) is 14.3. The zero-order valence-corrected chi connectivity index (χ0v) is 15.1. The molecule has 0 atom stereocenters. The van der Waals surface area contributed by atoms with Crippen LogP contribution in [0.15, 0.2) is 23.1 Å². The van der Waals surface area contributed by atoms with E-state index in [4.69, 9.17) is 5.73 Å². The van der Waals surface area contributed by atoms with Gasteiger partial charge in [-0.15, -0.1) is 0 Å². The quantitative estimate of drug-likeness (QED) is 0.729. The molecule has 0 unspecified atom stereocenters. The summed E-state index contributed by atoms with van der Waals surface area (Å²) >= 11 is 0. The van der Waals surface area contributed by atoms with Crippen LogP contribution in [-0.2, 0) is 10.0 Å². The van der Waals surface area contributed by atoms with Crippen LogP contribution in [0.3, 0.4) is 0 Å². The average Bonchev–Trinajstić information content (AvgIpc) is 2.59. The highest BCUT2D eigenvalue weighted by Gasteiger charge is 2.26. The summed E-state index contributed by atoms with van der Waals surface area (Å²) < 4.78 is 27.0. The molecule has 1 saturated heterocycles. The third-order valence-corrected chi connectivity index (χ3v) is 6.22. The maximum Gasteiger partial charge on any atom is 0.251 e. The SMILES string of the molecule is Cc1ccc(S(=O)(=O)N2CCCCC2)cc1C(=O)NCCCCN. The Hall–Kier alpha value is -1.44. The van der Waals surface area contributed by atoms with Crippen molar-refractivity contribution in [1.82, 2.24) is 9.62 Å². The number of hydrogen-bond donors (Lipinski definition) is 2. The number of nitrogens with two attached hydrogens (primary N) is 1. The molecule has 1 heterocycles. The van der Waals surface area contributed by atoms with Crippen LogP contribution >= 0.6 is 0 Å². The Morgan fingerprint density at radius 3 is 2.58 bits per heavy atom. The van der Waals surface area contributed by atoms with Crippen molar-refractivity contribution < 1.29 is 13.2 Å². The maximum atomic E-state index is 12.8. The summed E-state index contributed by atoms with van der Waals surface area (Å²) in [6.07, 6.45) is 4.51. The fourth-order valence-corrected chi connectivity index (χ4v) is 4.37. The summed E-state index contributed by atoms with van der Waals surface area (Å²) in [4.78, 5) is 12.5. The fraction of sp³-hybridized carbons (Fsp3) is 0.588. The number of nitrogens with zero attached hydrogens (tertiary/aromatic N) is 1. The molecule has 3 N–H and O–H groups in total. The lowest BCUT2D eigenvalue weighted by Gasteiger charge is -2.26. The van der Waals surface area contributed by atoms with Gasteiger partial charge in [-0.25, -0.2) is 8.42 Å². The number of amides is 1. The van der Waals surface area contributed by atoms with Crippen molar-refractivity contribution in [3.63, 3.8) is 0 Å². The number of carbonyl (C=O) groups is 1. The number of piperidine rings is 1. The highest BCUT2D eigenvalue weighted by Crippen LogP contribution is 2.22. The molecule has 0 spiro atoms. The summed E-state index contributed by atoms with van der Waals surface area (Å²) in [7, 11) is -3.53. The highest BCUT2D eigenvalue weighted by molar-refractivity contribution is 7.89. The summed E-state index contributed by atoms with van der Waals surface area (Å²) in [6.45, 7) is 4.05. The topological polar surface area (TPSA) is 92.5 Å². The minimum atomic E-state index is -3.53. The molecule has 1 aromatic carbocycles. The molecule has 1 amide bonds. The lowest BCUT2D eigenvalue weighted by atomic mass is 10.1. The van der Waals surface area contributed by atoms with Crippen molar-refractivity contribution in [2.45, 2.75) is 43.9 Å². The second-order valence-corrected chi connectivity index (χ2v) is 8.13. The van der Waals surface area contributed by atoms with Crippen LogP contribution in [0.5, 0.6) is 0 Å². The van der Waals surface area contributed by atoms with E-state index in [0.717, 1.165) is 37.7 Å². The van der Waals surface area contributed by atoms with Crippen LogP contribution in [0.25, 0.3) is 0 Å². The first-order chi connectivity index (χ1) is 11.5. The van der Waals surface area contributed by atoms with E-state index in [2.05, 4.69) is 5.32 Å². The predicted octanol–water partition coefficient (Wildman–Crippen LogP) is 1.64. The van der Waals surface area contributed by atoms with E-state index in [1.54, 1.807) is 12.1 Å². The number of hydrogen-bond acceptors (Lipinski definition) is 4. The number of rotatable bonds is 7. The molecule has 1 fully saturated rings. The molecule has 1 aromatic rings. The fourth-order valence-electron chi connectivity index (χ4n) is 2.83. The van der Waals surface area contributed by atoms with Crippen molar-refractivity contribution in [2.24, 2.45) is 5.73 Å². The molecular weight excluding hydrogens is 326 g/mol. The van der Waals surface area contributed by atoms with E-state index in [1.807, 2.05) is 6.92 Å². The van der Waals surface area contributed by atoms with Gasteiger partial charge in [-0.3, -0.25) is 4.79 Å². The second-order valence-electron chi connectivity index (χ2n) is 6.19. The molecule has 0 radical (unpaired) electrons. The van der Waals surface area contributed by atoms with E-state index < -0.39 is 10.0 Å². The minimum Gasteiger partial charge on any atom is -0.352 e. The van der Waals surface area contributed by atoms with Gasteiger partial charge in [0, 0.05) is 25.2 Å². The number of benzene rings is 1. The summed E-state index contributed by atoms with van der Waals surface area (Å²) in [5, 5.41) is 2.83. The molecule has 24 heavy (non-hydrogen) atoms. The van der Waals surface area contributed by atoms with Crippen LogP contribution in [0, 0.1) is 6.92 Å². The molecule has 0 aromatic heterocycles. The van der Waals surface area contributed by atoms with Gasteiger partial charge in [0.1, 0.15) is 0 Å². The molecule has 2 rings (SSSR count). The van der Waals surface area contributed by atoms with Gasteiger partial charge in [0.25, 0.3) is 5.91 Å². The van der Waals surface area contributed by atoms with E-state index in [9.17, 15) is 13.2 Å². The number of nitrogens with one attached hydrogen (secondary N) is 1. The van der Waals surface area contributed by atoms with Crippen molar-refractivity contribution in [3.05, 3.63) is 29.3 Å². The first-order valence-electron chi connectivity index (χ1n) is 8.56. The average molecular weight is 353 g/mol. The molecule has 6 nitrogen and oxygen atoms in total. The monoisotopic (exact) mass is 353 g/mol. The first kappa shape index (κ1) is 18.9. The third kappa shape index (κ3) is 4.55. The van der Waals surface area contributed by atoms with Gasteiger partial charge in [-0.05, 0) is 56.8 Å². The van der Waals surface area contributed by atoms with Gasteiger partial charge in [-0.1, -0.05) is 12.5 Å². The molecule has 1 aliphatic rings. The maximum absolute atomic E-state index is 12.8. The number of unbranched alkanes of at least 4 members (excludes halogenated alkanes) is 1. The Morgan fingerprint density at radius 1 is 1.21 bits per heavy atom. The lowest BCUT2D eigenvalue weighted by Crippen LogP contribution is -2.35. The zero-order chi connectivity index (χ0) is 17.6. The Morgan fingerprint density at radius 2 is 1.92 bits per heavy atom. The van der Waals surface area contributed by atoms with Crippen LogP contribution in [0.2, 0.25) is 0 Å². The highest BCUT2D eigenvalue weighted by atomic mass is 32.2. The van der Waals surface area contributed by atoms with Gasteiger partial charge in [0.05, 0.1) is 4.90 Å². The Labute approximate surface area is 144 Å². The van der Waals surface area contributed by atoms with Gasteiger partial charge >= 0.3 is 0 Å². The van der Waals surface area contributed by atoms with Crippen LogP contribution < -0.4 is 11.1 Å². The van der Waals surface area contributed by atoms with Gasteiger partial charge in [-0.2, -0.15) is 4.31 Å². The largest absolute Gasteiger partial charge is 0.352 e.